The Hall–Kier alpha value is -0.610. The fourth-order valence-corrected chi connectivity index (χ4v) is 1.57. The van der Waals surface area contributed by atoms with Crippen LogP contribution in [0.1, 0.15) is 34.1 Å². The van der Waals surface area contributed by atoms with Gasteiger partial charge in [0.05, 0.1) is 6.10 Å². The van der Waals surface area contributed by atoms with Crippen molar-refractivity contribution in [3.63, 3.8) is 0 Å². The second-order valence-electron chi connectivity index (χ2n) is 4.56. The van der Waals surface area contributed by atoms with Gasteiger partial charge in [0.1, 0.15) is 5.92 Å². The predicted molar refractivity (Wildman–Crippen MR) is 62.0 cm³/mol. The fourth-order valence-electron chi connectivity index (χ4n) is 1.57. The molecule has 0 aromatic heterocycles. The van der Waals surface area contributed by atoms with Crippen LogP contribution < -0.4 is 0 Å². The summed E-state index contributed by atoms with van der Waals surface area (Å²) in [6.07, 6.45) is 0.0444. The molecule has 0 aliphatic heterocycles. The van der Waals surface area contributed by atoms with E-state index in [1.807, 2.05) is 13.8 Å². The number of rotatable bonds is 7. The minimum Gasteiger partial charge on any atom is -0.463 e. The number of carbonyl (C=O) groups is 1. The van der Waals surface area contributed by atoms with Gasteiger partial charge in [0.25, 0.3) is 0 Å². The summed E-state index contributed by atoms with van der Waals surface area (Å²) in [6, 6.07) is 0. The number of esters is 1. The van der Waals surface area contributed by atoms with Crippen LogP contribution in [0.4, 0.5) is 0 Å². The molecule has 0 fully saturated rings. The second kappa shape index (κ2) is 7.63. The van der Waals surface area contributed by atoms with Gasteiger partial charge in [0.2, 0.25) is 0 Å². The van der Waals surface area contributed by atoms with E-state index in [-0.39, 0.29) is 18.0 Å². The summed E-state index contributed by atoms with van der Waals surface area (Å²) in [5.74, 6) is -0.229. The smallest absolute Gasteiger partial charge is 0.314 e. The van der Waals surface area contributed by atoms with E-state index in [1.165, 1.54) is 14.2 Å². The maximum absolute atomic E-state index is 11.9. The molecule has 0 rings (SSSR count). The van der Waals surface area contributed by atoms with Crippen LogP contribution in [0.2, 0.25) is 0 Å². The molecule has 0 radical (unpaired) electrons. The van der Waals surface area contributed by atoms with Gasteiger partial charge in [-0.1, -0.05) is 13.8 Å². The van der Waals surface area contributed by atoms with Crippen LogP contribution in [0.5, 0.6) is 0 Å². The molecule has 0 aromatic carbocycles. The first-order valence-corrected chi connectivity index (χ1v) is 5.68. The molecule has 0 bridgehead atoms. The van der Waals surface area contributed by atoms with Gasteiger partial charge in [-0.05, 0) is 26.2 Å². The topological polar surface area (TPSA) is 44.8 Å². The fraction of sp³-hybridized carbons (Fsp3) is 0.917. The largest absolute Gasteiger partial charge is 0.463 e. The van der Waals surface area contributed by atoms with E-state index in [9.17, 15) is 4.79 Å². The highest BCUT2D eigenvalue weighted by Gasteiger charge is 2.31. The van der Waals surface area contributed by atoms with Crippen molar-refractivity contribution >= 4 is 5.97 Å². The zero-order valence-corrected chi connectivity index (χ0v) is 11.1. The van der Waals surface area contributed by atoms with E-state index in [0.717, 1.165) is 0 Å². The first-order chi connectivity index (χ1) is 7.42. The van der Waals surface area contributed by atoms with Crippen LogP contribution in [0.15, 0.2) is 0 Å². The van der Waals surface area contributed by atoms with Gasteiger partial charge in [-0.3, -0.25) is 4.79 Å². The third kappa shape index (κ3) is 5.47. The van der Waals surface area contributed by atoms with Crippen LogP contribution in [0.25, 0.3) is 0 Å². The van der Waals surface area contributed by atoms with Crippen molar-refractivity contribution in [2.45, 2.75) is 46.5 Å². The first kappa shape index (κ1) is 15.4. The maximum Gasteiger partial charge on any atom is 0.314 e. The summed E-state index contributed by atoms with van der Waals surface area (Å²) in [4.78, 5) is 11.9. The van der Waals surface area contributed by atoms with Crippen molar-refractivity contribution in [2.75, 3.05) is 14.2 Å². The maximum atomic E-state index is 11.9. The number of ether oxygens (including phenoxy) is 3. The van der Waals surface area contributed by atoms with E-state index >= 15 is 0 Å². The summed E-state index contributed by atoms with van der Waals surface area (Å²) in [5, 5.41) is 0. The van der Waals surface area contributed by atoms with Crippen LogP contribution in [0, 0.1) is 11.8 Å². The lowest BCUT2D eigenvalue weighted by Gasteiger charge is -2.25. The molecular weight excluding hydrogens is 208 g/mol. The molecule has 1 atom stereocenters. The molecule has 0 saturated carbocycles. The van der Waals surface area contributed by atoms with Crippen molar-refractivity contribution in [3.8, 4) is 0 Å². The molecule has 0 aromatic rings. The number of methoxy groups -OCH3 is 2. The molecule has 0 N–H and O–H groups in total. The third-order valence-corrected chi connectivity index (χ3v) is 2.17. The highest BCUT2D eigenvalue weighted by atomic mass is 16.7. The Kier molecular flexibility index (Phi) is 7.34. The van der Waals surface area contributed by atoms with Crippen LogP contribution >= 0.6 is 0 Å². The van der Waals surface area contributed by atoms with Gasteiger partial charge in [-0.15, -0.1) is 0 Å². The van der Waals surface area contributed by atoms with E-state index in [4.69, 9.17) is 14.2 Å². The molecule has 16 heavy (non-hydrogen) atoms. The Morgan fingerprint density at radius 1 is 1.06 bits per heavy atom. The summed E-state index contributed by atoms with van der Waals surface area (Å²) < 4.78 is 15.5. The lowest BCUT2D eigenvalue weighted by Crippen LogP contribution is -2.35. The van der Waals surface area contributed by atoms with Crippen molar-refractivity contribution in [2.24, 2.45) is 11.8 Å². The third-order valence-electron chi connectivity index (χ3n) is 2.17. The average molecular weight is 232 g/mol. The number of hydrogen-bond acceptors (Lipinski definition) is 4. The van der Waals surface area contributed by atoms with Gasteiger partial charge in [-0.2, -0.15) is 0 Å². The van der Waals surface area contributed by atoms with Crippen LogP contribution in [0.3, 0.4) is 0 Å². The molecule has 0 aliphatic carbocycles. The quantitative estimate of drug-likeness (QED) is 0.498. The van der Waals surface area contributed by atoms with Gasteiger partial charge in [0, 0.05) is 14.2 Å². The highest BCUT2D eigenvalue weighted by Crippen LogP contribution is 2.20. The molecular formula is C12H24O4. The average Bonchev–Trinajstić information content (AvgIpc) is 2.16. The zero-order valence-electron chi connectivity index (χ0n) is 11.1. The highest BCUT2D eigenvalue weighted by molar-refractivity contribution is 5.73. The molecule has 0 saturated heterocycles. The summed E-state index contributed by atoms with van der Waals surface area (Å²) in [6.45, 7) is 7.77. The molecule has 4 nitrogen and oxygen atoms in total. The van der Waals surface area contributed by atoms with Gasteiger partial charge >= 0.3 is 5.97 Å². The van der Waals surface area contributed by atoms with Crippen molar-refractivity contribution in [3.05, 3.63) is 0 Å². The lowest BCUT2D eigenvalue weighted by atomic mass is 9.96. The van der Waals surface area contributed by atoms with Crippen LogP contribution in [-0.4, -0.2) is 32.6 Å². The molecule has 4 heteroatoms. The SMILES string of the molecule is COC(OC)C(CC(C)C)C(=O)OC(C)C. The van der Waals surface area contributed by atoms with Gasteiger partial charge in [0.15, 0.2) is 6.29 Å². The molecule has 0 amide bonds. The van der Waals surface area contributed by atoms with E-state index in [1.54, 1.807) is 0 Å². The Labute approximate surface area is 98.3 Å². The van der Waals surface area contributed by atoms with Crippen molar-refractivity contribution in [1.82, 2.24) is 0 Å². The molecule has 0 spiro atoms. The molecule has 96 valence electrons. The Morgan fingerprint density at radius 3 is 1.88 bits per heavy atom. The summed E-state index contributed by atoms with van der Waals surface area (Å²) in [5.41, 5.74) is 0. The number of hydrogen-bond donors (Lipinski definition) is 0. The zero-order chi connectivity index (χ0) is 12.7. The van der Waals surface area contributed by atoms with E-state index in [2.05, 4.69) is 13.8 Å². The van der Waals surface area contributed by atoms with Crippen molar-refractivity contribution in [1.29, 1.82) is 0 Å². The summed E-state index contributed by atoms with van der Waals surface area (Å²) >= 11 is 0. The first-order valence-electron chi connectivity index (χ1n) is 5.68. The lowest BCUT2D eigenvalue weighted by molar-refractivity contribution is -0.181. The van der Waals surface area contributed by atoms with Crippen molar-refractivity contribution < 1.29 is 19.0 Å². The van der Waals surface area contributed by atoms with E-state index in [0.29, 0.717) is 12.3 Å². The predicted octanol–water partition coefficient (Wildman–Crippen LogP) is 2.22. The minimum absolute atomic E-state index is 0.114. The van der Waals surface area contributed by atoms with Gasteiger partial charge < -0.3 is 14.2 Å². The van der Waals surface area contributed by atoms with E-state index < -0.39 is 6.29 Å². The Bertz CT molecular complexity index is 197. The van der Waals surface area contributed by atoms with Gasteiger partial charge in [-0.25, -0.2) is 0 Å². The normalized spacial score (nSPS) is 13.6. The molecule has 0 aliphatic rings. The monoisotopic (exact) mass is 232 g/mol. The molecule has 1 unspecified atom stereocenters. The summed E-state index contributed by atoms with van der Waals surface area (Å²) in [7, 11) is 3.06. The Morgan fingerprint density at radius 2 is 1.56 bits per heavy atom. The van der Waals surface area contributed by atoms with Crippen LogP contribution in [-0.2, 0) is 19.0 Å². The minimum atomic E-state index is -0.534. The Balaban J connectivity index is 4.57. The second-order valence-corrected chi connectivity index (χ2v) is 4.56. The number of carbonyl (C=O) groups excluding carboxylic acids is 1. The standard InChI is InChI=1S/C12H24O4/c1-8(2)7-10(12(14-5)15-6)11(13)16-9(3)4/h8-10,12H,7H2,1-6H3. The molecule has 0 heterocycles.